The zero-order valence-electron chi connectivity index (χ0n) is 14.3. The van der Waals surface area contributed by atoms with E-state index in [-0.39, 0.29) is 12.5 Å². The monoisotopic (exact) mass is 393 g/mol. The summed E-state index contributed by atoms with van der Waals surface area (Å²) < 4.78 is 11.8. The van der Waals surface area contributed by atoms with Crippen molar-refractivity contribution >= 4 is 40.0 Å². The quantitative estimate of drug-likeness (QED) is 0.675. The van der Waals surface area contributed by atoms with Gasteiger partial charge in [-0.25, -0.2) is 4.79 Å². The second-order valence-corrected chi connectivity index (χ2v) is 7.19. The fourth-order valence-electron chi connectivity index (χ4n) is 2.28. The summed E-state index contributed by atoms with van der Waals surface area (Å²) in [7, 11) is -1.36. The van der Waals surface area contributed by atoms with Crippen LogP contribution in [0.25, 0.3) is 0 Å². The van der Waals surface area contributed by atoms with Crippen LogP contribution in [0.3, 0.4) is 0 Å². The van der Waals surface area contributed by atoms with Gasteiger partial charge in [0.2, 0.25) is 5.91 Å². The Morgan fingerprint density at radius 1 is 1.04 bits per heavy atom. The van der Waals surface area contributed by atoms with Gasteiger partial charge in [0, 0.05) is 12.8 Å². The van der Waals surface area contributed by atoms with Gasteiger partial charge >= 0.3 is 6.03 Å². The highest BCUT2D eigenvalue weighted by Crippen LogP contribution is 2.27. The lowest BCUT2D eigenvalue weighted by molar-refractivity contribution is -0.120. The summed E-state index contributed by atoms with van der Waals surface area (Å²) in [6, 6.07) is 14.1. The highest BCUT2D eigenvalue weighted by atomic mass is 35.5. The van der Waals surface area contributed by atoms with E-state index < -0.39 is 16.8 Å². The lowest BCUT2D eigenvalue weighted by Crippen LogP contribution is -2.39. The molecule has 26 heavy (non-hydrogen) atoms. The Morgan fingerprint density at radius 2 is 1.77 bits per heavy atom. The second kappa shape index (κ2) is 9.94. The van der Waals surface area contributed by atoms with Gasteiger partial charge < -0.3 is 16.0 Å². The molecule has 0 aliphatic carbocycles. The van der Waals surface area contributed by atoms with Crippen molar-refractivity contribution in [3.05, 3.63) is 59.1 Å². The van der Waals surface area contributed by atoms with Gasteiger partial charge in [-0.05, 0) is 24.1 Å². The molecule has 0 heterocycles. The van der Waals surface area contributed by atoms with E-state index in [1.807, 2.05) is 30.3 Å². The normalized spacial score (nSPS) is 11.5. The average molecular weight is 394 g/mol. The molecule has 0 aliphatic heterocycles. The fraction of sp³-hybridized carbons (Fsp3) is 0.222. The minimum absolute atomic E-state index is 0.161. The molecule has 0 aliphatic rings. The smallest absolute Gasteiger partial charge is 0.319 e. The van der Waals surface area contributed by atoms with E-state index in [2.05, 4.69) is 16.0 Å². The van der Waals surface area contributed by atoms with E-state index in [0.29, 0.717) is 28.6 Å². The molecule has 0 saturated heterocycles. The van der Waals surface area contributed by atoms with Crippen LogP contribution in [-0.2, 0) is 22.0 Å². The first-order valence-electron chi connectivity index (χ1n) is 7.95. The molecule has 0 bridgehead atoms. The first kappa shape index (κ1) is 19.9. The molecular formula is C18H20ClN3O3S. The van der Waals surface area contributed by atoms with Crippen molar-refractivity contribution < 1.29 is 13.8 Å². The van der Waals surface area contributed by atoms with Crippen LogP contribution in [0.2, 0.25) is 5.02 Å². The summed E-state index contributed by atoms with van der Waals surface area (Å²) in [6.45, 7) is 0.325. The molecule has 138 valence electrons. The molecule has 2 aromatic carbocycles. The number of amides is 3. The summed E-state index contributed by atoms with van der Waals surface area (Å²) in [4.78, 5) is 24.1. The Morgan fingerprint density at radius 3 is 2.46 bits per heavy atom. The van der Waals surface area contributed by atoms with Gasteiger partial charge in [0.25, 0.3) is 0 Å². The van der Waals surface area contributed by atoms with Crippen molar-refractivity contribution in [3.63, 3.8) is 0 Å². The Bertz CT molecular complexity index is 800. The number of anilines is 1. The van der Waals surface area contributed by atoms with Crippen molar-refractivity contribution in [2.45, 2.75) is 11.3 Å². The summed E-state index contributed by atoms with van der Waals surface area (Å²) in [5.74, 6) is -0.290. The maximum atomic E-state index is 12.0. The topological polar surface area (TPSA) is 87.3 Å². The number of nitrogens with one attached hydrogen (secondary N) is 3. The van der Waals surface area contributed by atoms with Crippen molar-refractivity contribution in [2.24, 2.45) is 0 Å². The first-order chi connectivity index (χ1) is 12.5. The summed E-state index contributed by atoms with van der Waals surface area (Å²) >= 11 is 6.01. The lowest BCUT2D eigenvalue weighted by Gasteiger charge is -2.12. The standard InChI is InChI=1S/C18H20ClN3O3S/c1-26(25)17-14(19)8-5-9-15(17)22-18(24)21-12-16(23)20-11-10-13-6-3-2-4-7-13/h2-9H,10-12H2,1H3,(H,20,23)(H2,21,22,24)/t26-/m0/s1. The molecule has 0 fully saturated rings. The highest BCUT2D eigenvalue weighted by Gasteiger charge is 2.13. The van der Waals surface area contributed by atoms with Gasteiger partial charge in [-0.15, -0.1) is 0 Å². The number of hydrogen-bond donors (Lipinski definition) is 3. The molecule has 3 N–H and O–H groups in total. The molecule has 0 aromatic heterocycles. The number of urea groups is 1. The third-order valence-electron chi connectivity index (χ3n) is 3.49. The minimum Gasteiger partial charge on any atom is -0.354 e. The number of benzene rings is 2. The third-order valence-corrected chi connectivity index (χ3v) is 4.93. The SMILES string of the molecule is C[S@](=O)c1c(Cl)cccc1NC(=O)NCC(=O)NCCc1ccccc1. The number of rotatable bonds is 7. The predicted molar refractivity (Wildman–Crippen MR) is 104 cm³/mol. The van der Waals surface area contributed by atoms with E-state index in [1.165, 1.54) is 6.26 Å². The Hall–Kier alpha value is -2.38. The number of carbonyl (C=O) groups excluding carboxylic acids is 2. The maximum Gasteiger partial charge on any atom is 0.319 e. The molecule has 0 radical (unpaired) electrons. The molecular weight excluding hydrogens is 374 g/mol. The lowest BCUT2D eigenvalue weighted by atomic mass is 10.1. The first-order valence-corrected chi connectivity index (χ1v) is 9.88. The molecule has 8 heteroatoms. The van der Waals surface area contributed by atoms with E-state index in [9.17, 15) is 13.8 Å². The van der Waals surface area contributed by atoms with Crippen LogP contribution >= 0.6 is 11.6 Å². The van der Waals surface area contributed by atoms with Crippen molar-refractivity contribution in [2.75, 3.05) is 24.7 Å². The van der Waals surface area contributed by atoms with Gasteiger partial charge in [-0.2, -0.15) is 0 Å². The average Bonchev–Trinajstić information content (AvgIpc) is 2.60. The molecule has 2 aromatic rings. The molecule has 0 saturated carbocycles. The molecule has 2 rings (SSSR count). The van der Waals surface area contributed by atoms with Gasteiger partial charge in [-0.1, -0.05) is 48.0 Å². The Kier molecular flexibility index (Phi) is 7.62. The number of hydrogen-bond acceptors (Lipinski definition) is 3. The summed E-state index contributed by atoms with van der Waals surface area (Å²) in [5.41, 5.74) is 1.47. The highest BCUT2D eigenvalue weighted by molar-refractivity contribution is 7.84. The predicted octanol–water partition coefficient (Wildman–Crippen LogP) is 2.56. The fourth-order valence-corrected chi connectivity index (χ4v) is 3.55. The molecule has 3 amide bonds. The maximum absolute atomic E-state index is 12.0. The van der Waals surface area contributed by atoms with E-state index in [1.54, 1.807) is 18.2 Å². The van der Waals surface area contributed by atoms with Crippen molar-refractivity contribution in [1.82, 2.24) is 10.6 Å². The van der Waals surface area contributed by atoms with Gasteiger partial charge in [0.1, 0.15) is 0 Å². The Balaban J connectivity index is 1.77. The van der Waals surface area contributed by atoms with Crippen LogP contribution in [0.15, 0.2) is 53.4 Å². The van der Waals surface area contributed by atoms with Crippen molar-refractivity contribution in [1.29, 1.82) is 0 Å². The van der Waals surface area contributed by atoms with E-state index in [4.69, 9.17) is 11.6 Å². The van der Waals surface area contributed by atoms with E-state index >= 15 is 0 Å². The van der Waals surface area contributed by atoms with Crippen LogP contribution in [-0.4, -0.2) is 35.5 Å². The second-order valence-electron chi connectivity index (χ2n) is 5.46. The molecule has 6 nitrogen and oxygen atoms in total. The van der Waals surface area contributed by atoms with Crippen LogP contribution < -0.4 is 16.0 Å². The molecule has 0 spiro atoms. The largest absolute Gasteiger partial charge is 0.354 e. The van der Waals surface area contributed by atoms with Gasteiger partial charge in [0.05, 0.1) is 32.9 Å². The van der Waals surface area contributed by atoms with Gasteiger partial charge in [-0.3, -0.25) is 9.00 Å². The van der Waals surface area contributed by atoms with Crippen LogP contribution in [0.1, 0.15) is 5.56 Å². The van der Waals surface area contributed by atoms with Crippen molar-refractivity contribution in [3.8, 4) is 0 Å². The van der Waals surface area contributed by atoms with Gasteiger partial charge in [0.15, 0.2) is 0 Å². The van der Waals surface area contributed by atoms with Crippen LogP contribution in [0, 0.1) is 0 Å². The minimum atomic E-state index is -1.36. The zero-order chi connectivity index (χ0) is 18.9. The summed E-state index contributed by atoms with van der Waals surface area (Å²) in [6.07, 6.45) is 2.19. The molecule has 0 unspecified atom stereocenters. The third kappa shape index (κ3) is 6.16. The summed E-state index contributed by atoms with van der Waals surface area (Å²) in [5, 5.41) is 8.07. The van der Waals surface area contributed by atoms with E-state index in [0.717, 1.165) is 5.56 Å². The number of carbonyl (C=O) groups is 2. The van der Waals surface area contributed by atoms with Crippen LogP contribution in [0.4, 0.5) is 10.5 Å². The zero-order valence-corrected chi connectivity index (χ0v) is 15.8. The number of halogens is 1. The Labute approximate surface area is 159 Å². The molecule has 1 atom stereocenters. The van der Waals surface area contributed by atoms with Crippen LogP contribution in [0.5, 0.6) is 0 Å².